The summed E-state index contributed by atoms with van der Waals surface area (Å²) < 4.78 is 5.81. The third-order valence-electron chi connectivity index (χ3n) is 3.23. The molecule has 2 N–H and O–H groups in total. The molecule has 0 aliphatic carbocycles. The van der Waals surface area contributed by atoms with Gasteiger partial charge in [-0.2, -0.15) is 0 Å². The van der Waals surface area contributed by atoms with Crippen LogP contribution in [0.15, 0.2) is 54.6 Å². The first-order valence-electron chi connectivity index (χ1n) is 6.71. The molecular weight excluding hydrogens is 320 g/mol. The zero-order valence-corrected chi connectivity index (χ0v) is 13.2. The number of nitro benzene ring substituents is 1. The van der Waals surface area contributed by atoms with Gasteiger partial charge in [-0.25, -0.2) is 0 Å². The van der Waals surface area contributed by atoms with Gasteiger partial charge in [0.05, 0.1) is 4.92 Å². The fourth-order valence-electron chi connectivity index (χ4n) is 1.99. The number of carbonyl (C=O) groups excluding carboxylic acids is 1. The average Bonchev–Trinajstić information content (AvgIpc) is 2.53. The Bertz CT molecular complexity index is 662. The number of para-hydroxylation sites is 1. The van der Waals surface area contributed by atoms with Gasteiger partial charge in [0.15, 0.2) is 5.78 Å². The number of nitrogens with two attached hydrogens (primary N) is 1. The number of halogens is 1. The van der Waals surface area contributed by atoms with Gasteiger partial charge in [0.1, 0.15) is 17.9 Å². The Hall–Kier alpha value is -2.44. The third-order valence-corrected chi connectivity index (χ3v) is 3.23. The smallest absolute Gasteiger partial charge is 0.269 e. The van der Waals surface area contributed by atoms with Gasteiger partial charge < -0.3 is 10.5 Å². The number of ether oxygens (including phenoxy) is 1. The standard InChI is InChI=1S/C16H16N2O4.ClH/c1-11(19)15(17)16(22-14-5-3-2-4-6-14)12-7-9-13(10-8-12)18(20)21;/h2-10,15-16H,17H2,1H3;1H. The van der Waals surface area contributed by atoms with Crippen LogP contribution in [0.1, 0.15) is 18.6 Å². The Balaban J connectivity index is 0.00000264. The fraction of sp³-hybridized carbons (Fsp3) is 0.188. The van der Waals surface area contributed by atoms with E-state index in [1.54, 1.807) is 24.3 Å². The van der Waals surface area contributed by atoms with E-state index in [1.165, 1.54) is 19.1 Å². The van der Waals surface area contributed by atoms with Crippen molar-refractivity contribution in [1.29, 1.82) is 0 Å². The Morgan fingerprint density at radius 2 is 1.70 bits per heavy atom. The van der Waals surface area contributed by atoms with Gasteiger partial charge in [-0.1, -0.05) is 18.2 Å². The van der Waals surface area contributed by atoms with Crippen LogP contribution in [-0.2, 0) is 4.79 Å². The molecule has 0 fully saturated rings. The number of rotatable bonds is 6. The molecule has 6 nitrogen and oxygen atoms in total. The van der Waals surface area contributed by atoms with Crippen molar-refractivity contribution in [3.63, 3.8) is 0 Å². The molecule has 7 heteroatoms. The van der Waals surface area contributed by atoms with Crippen LogP contribution in [0, 0.1) is 10.1 Å². The van der Waals surface area contributed by atoms with Crippen molar-refractivity contribution in [3.8, 4) is 5.75 Å². The van der Waals surface area contributed by atoms with Crippen molar-refractivity contribution in [2.24, 2.45) is 5.73 Å². The zero-order valence-electron chi connectivity index (χ0n) is 12.4. The normalized spacial score (nSPS) is 12.6. The van der Waals surface area contributed by atoms with E-state index in [4.69, 9.17) is 10.5 Å². The largest absolute Gasteiger partial charge is 0.484 e. The summed E-state index contributed by atoms with van der Waals surface area (Å²) in [5.74, 6) is 0.349. The fourth-order valence-corrected chi connectivity index (χ4v) is 1.99. The molecule has 2 rings (SSSR count). The number of carbonyl (C=O) groups is 1. The molecule has 2 atom stereocenters. The second kappa shape index (κ2) is 8.26. The van der Waals surface area contributed by atoms with E-state index >= 15 is 0 Å². The van der Waals surface area contributed by atoms with Crippen molar-refractivity contribution in [3.05, 3.63) is 70.3 Å². The van der Waals surface area contributed by atoms with E-state index in [0.29, 0.717) is 11.3 Å². The van der Waals surface area contributed by atoms with Crippen LogP contribution in [0.2, 0.25) is 0 Å². The lowest BCUT2D eigenvalue weighted by Gasteiger charge is -2.23. The highest BCUT2D eigenvalue weighted by Crippen LogP contribution is 2.26. The molecule has 2 aromatic carbocycles. The van der Waals surface area contributed by atoms with Crippen LogP contribution in [0.25, 0.3) is 0 Å². The molecule has 122 valence electrons. The summed E-state index contributed by atoms with van der Waals surface area (Å²) in [4.78, 5) is 21.8. The van der Waals surface area contributed by atoms with Crippen molar-refractivity contribution in [2.45, 2.75) is 19.1 Å². The van der Waals surface area contributed by atoms with E-state index in [9.17, 15) is 14.9 Å². The summed E-state index contributed by atoms with van der Waals surface area (Å²) in [6.07, 6.45) is -0.708. The lowest BCUT2D eigenvalue weighted by molar-refractivity contribution is -0.384. The van der Waals surface area contributed by atoms with E-state index in [0.717, 1.165) is 0 Å². The Kier molecular flexibility index (Phi) is 6.68. The number of Topliss-reactive ketones (excluding diaryl/α,β-unsaturated/α-hetero) is 1. The van der Waals surface area contributed by atoms with Crippen LogP contribution < -0.4 is 10.5 Å². The number of hydrogen-bond acceptors (Lipinski definition) is 5. The summed E-state index contributed by atoms with van der Waals surface area (Å²) in [7, 11) is 0. The maximum Gasteiger partial charge on any atom is 0.269 e. The van der Waals surface area contributed by atoms with Crippen LogP contribution in [0.5, 0.6) is 5.75 Å². The topological polar surface area (TPSA) is 95.5 Å². The molecule has 23 heavy (non-hydrogen) atoms. The first-order chi connectivity index (χ1) is 10.5. The van der Waals surface area contributed by atoms with Crippen molar-refractivity contribution in [2.75, 3.05) is 0 Å². The molecule has 0 heterocycles. The first-order valence-corrected chi connectivity index (χ1v) is 6.71. The zero-order chi connectivity index (χ0) is 16.1. The summed E-state index contributed by atoms with van der Waals surface area (Å²) in [5, 5.41) is 10.7. The molecular formula is C16H17ClN2O4. The third kappa shape index (κ3) is 4.77. The van der Waals surface area contributed by atoms with Crippen LogP contribution in [0.3, 0.4) is 0 Å². The van der Waals surface area contributed by atoms with E-state index < -0.39 is 17.1 Å². The number of nitrogens with zero attached hydrogens (tertiary/aromatic N) is 1. The highest BCUT2D eigenvalue weighted by molar-refractivity contribution is 5.85. The number of hydrogen-bond donors (Lipinski definition) is 1. The van der Waals surface area contributed by atoms with Gasteiger partial charge in [0.25, 0.3) is 5.69 Å². The van der Waals surface area contributed by atoms with Crippen LogP contribution in [-0.4, -0.2) is 16.7 Å². The number of nitro groups is 1. The monoisotopic (exact) mass is 336 g/mol. The SMILES string of the molecule is CC(=O)C(N)C(Oc1ccccc1)c1ccc([N+](=O)[O-])cc1.Cl. The minimum absolute atomic E-state index is 0. The van der Waals surface area contributed by atoms with E-state index in [2.05, 4.69) is 0 Å². The number of ketones is 1. The van der Waals surface area contributed by atoms with Gasteiger partial charge in [-0.15, -0.1) is 12.4 Å². The second-order valence-electron chi connectivity index (χ2n) is 4.84. The molecule has 0 saturated carbocycles. The Labute approximate surface area is 139 Å². The molecule has 0 spiro atoms. The highest BCUT2D eigenvalue weighted by Gasteiger charge is 2.26. The predicted molar refractivity (Wildman–Crippen MR) is 88.8 cm³/mol. The van der Waals surface area contributed by atoms with Gasteiger partial charge in [-0.3, -0.25) is 14.9 Å². The lowest BCUT2D eigenvalue weighted by atomic mass is 9.99. The summed E-state index contributed by atoms with van der Waals surface area (Å²) in [6.45, 7) is 1.39. The molecule has 2 aromatic rings. The highest BCUT2D eigenvalue weighted by atomic mass is 35.5. The molecule has 0 radical (unpaired) electrons. The second-order valence-corrected chi connectivity index (χ2v) is 4.84. The molecule has 0 aliphatic heterocycles. The number of benzene rings is 2. The quantitative estimate of drug-likeness (QED) is 0.646. The van der Waals surface area contributed by atoms with E-state index in [-0.39, 0.29) is 23.9 Å². The van der Waals surface area contributed by atoms with Crippen molar-refractivity contribution < 1.29 is 14.5 Å². The van der Waals surface area contributed by atoms with Gasteiger partial charge in [0.2, 0.25) is 0 Å². The molecule has 0 bridgehead atoms. The maximum absolute atomic E-state index is 11.6. The molecule has 2 unspecified atom stereocenters. The maximum atomic E-state index is 11.6. The molecule has 0 aromatic heterocycles. The molecule has 0 amide bonds. The van der Waals surface area contributed by atoms with Gasteiger partial charge in [0, 0.05) is 12.1 Å². The summed E-state index contributed by atoms with van der Waals surface area (Å²) in [5.41, 5.74) is 6.51. The van der Waals surface area contributed by atoms with Gasteiger partial charge in [-0.05, 0) is 36.8 Å². The summed E-state index contributed by atoms with van der Waals surface area (Å²) >= 11 is 0. The summed E-state index contributed by atoms with van der Waals surface area (Å²) in [6, 6.07) is 13.9. The van der Waals surface area contributed by atoms with Gasteiger partial charge >= 0.3 is 0 Å². The van der Waals surface area contributed by atoms with E-state index in [1.807, 2.05) is 18.2 Å². The number of non-ortho nitro benzene ring substituents is 1. The first kappa shape index (κ1) is 18.6. The average molecular weight is 337 g/mol. The minimum atomic E-state index is -0.860. The Morgan fingerprint density at radius 3 is 2.17 bits per heavy atom. The Morgan fingerprint density at radius 1 is 1.13 bits per heavy atom. The van der Waals surface area contributed by atoms with Crippen LogP contribution in [0.4, 0.5) is 5.69 Å². The molecule has 0 aliphatic rings. The van der Waals surface area contributed by atoms with Crippen LogP contribution >= 0.6 is 12.4 Å². The molecule has 0 saturated heterocycles. The predicted octanol–water partition coefficient (Wildman–Crippen LogP) is 3.05. The minimum Gasteiger partial charge on any atom is -0.484 e. The van der Waals surface area contributed by atoms with Crippen molar-refractivity contribution >= 4 is 23.9 Å². The lowest BCUT2D eigenvalue weighted by Crippen LogP contribution is -2.38. The van der Waals surface area contributed by atoms with Crippen molar-refractivity contribution in [1.82, 2.24) is 0 Å².